The Balaban J connectivity index is 1.50. The number of aromatic nitrogens is 3. The highest BCUT2D eigenvalue weighted by Gasteiger charge is 2.10. The third kappa shape index (κ3) is 5.59. The second kappa shape index (κ2) is 9.23. The van der Waals surface area contributed by atoms with Crippen molar-refractivity contribution in [3.63, 3.8) is 0 Å². The van der Waals surface area contributed by atoms with Gasteiger partial charge in [0.05, 0.1) is 6.54 Å². The Kier molecular flexibility index (Phi) is 6.49. The molecule has 0 aliphatic carbocycles. The van der Waals surface area contributed by atoms with Gasteiger partial charge in [-0.05, 0) is 23.3 Å². The van der Waals surface area contributed by atoms with Gasteiger partial charge in [0.1, 0.15) is 12.7 Å². The standard InChI is InChI=1S/C20H19BrN4O2/c21-18-7-5-15(6-8-18)19(26)9-10-20(27)23-11-16-3-1-2-4-17(16)12-25-14-22-13-24-25/h1-8,13-14H,9-12H2,(H,23,27). The summed E-state index contributed by atoms with van der Waals surface area (Å²) in [7, 11) is 0. The van der Waals surface area contributed by atoms with Gasteiger partial charge in [-0.25, -0.2) is 9.67 Å². The van der Waals surface area contributed by atoms with E-state index in [0.29, 0.717) is 18.7 Å². The molecule has 138 valence electrons. The number of ketones is 1. The van der Waals surface area contributed by atoms with Gasteiger partial charge >= 0.3 is 0 Å². The van der Waals surface area contributed by atoms with Crippen LogP contribution in [0.25, 0.3) is 0 Å². The molecule has 0 unspecified atom stereocenters. The quantitative estimate of drug-likeness (QED) is 0.560. The van der Waals surface area contributed by atoms with Crippen LogP contribution >= 0.6 is 15.9 Å². The van der Waals surface area contributed by atoms with Crippen molar-refractivity contribution in [3.8, 4) is 0 Å². The number of rotatable bonds is 8. The second-order valence-corrected chi connectivity index (χ2v) is 6.98. The number of amides is 1. The lowest BCUT2D eigenvalue weighted by Crippen LogP contribution is -2.24. The maximum Gasteiger partial charge on any atom is 0.220 e. The summed E-state index contributed by atoms with van der Waals surface area (Å²) < 4.78 is 2.65. The highest BCUT2D eigenvalue weighted by atomic mass is 79.9. The molecular weight excluding hydrogens is 408 g/mol. The van der Waals surface area contributed by atoms with Crippen LogP contribution in [0.15, 0.2) is 65.7 Å². The minimum Gasteiger partial charge on any atom is -0.352 e. The summed E-state index contributed by atoms with van der Waals surface area (Å²) in [4.78, 5) is 28.2. The number of Topliss-reactive ketones (excluding diaryl/α,β-unsaturated/α-hetero) is 1. The molecule has 1 heterocycles. The normalized spacial score (nSPS) is 10.6. The number of benzene rings is 2. The third-order valence-corrected chi connectivity index (χ3v) is 4.67. The van der Waals surface area contributed by atoms with Crippen molar-refractivity contribution >= 4 is 27.6 Å². The number of hydrogen-bond acceptors (Lipinski definition) is 4. The molecule has 0 atom stereocenters. The molecule has 0 saturated heterocycles. The average molecular weight is 427 g/mol. The van der Waals surface area contributed by atoms with Gasteiger partial charge in [-0.3, -0.25) is 9.59 Å². The Morgan fingerprint density at radius 1 is 1.00 bits per heavy atom. The van der Waals surface area contributed by atoms with Gasteiger partial charge in [0, 0.05) is 29.4 Å². The van der Waals surface area contributed by atoms with E-state index in [4.69, 9.17) is 0 Å². The molecule has 1 N–H and O–H groups in total. The highest BCUT2D eigenvalue weighted by molar-refractivity contribution is 9.10. The number of nitrogens with one attached hydrogen (secondary N) is 1. The van der Waals surface area contributed by atoms with Gasteiger partial charge < -0.3 is 5.32 Å². The first-order valence-electron chi connectivity index (χ1n) is 8.56. The summed E-state index contributed by atoms with van der Waals surface area (Å²) in [6.45, 7) is 1.00. The molecule has 0 bridgehead atoms. The molecule has 27 heavy (non-hydrogen) atoms. The van der Waals surface area contributed by atoms with Gasteiger partial charge in [-0.1, -0.05) is 52.3 Å². The van der Waals surface area contributed by atoms with Crippen molar-refractivity contribution in [2.24, 2.45) is 0 Å². The van der Waals surface area contributed by atoms with Crippen molar-refractivity contribution in [1.29, 1.82) is 0 Å². The summed E-state index contributed by atoms with van der Waals surface area (Å²) in [5, 5.41) is 7.00. The van der Waals surface area contributed by atoms with E-state index in [0.717, 1.165) is 15.6 Å². The molecule has 0 spiro atoms. The molecule has 0 aliphatic rings. The summed E-state index contributed by atoms with van der Waals surface area (Å²) in [6.07, 6.45) is 3.50. The molecule has 0 radical (unpaired) electrons. The van der Waals surface area contributed by atoms with Crippen LogP contribution in [0.5, 0.6) is 0 Å². The summed E-state index contributed by atoms with van der Waals surface area (Å²) in [6, 6.07) is 15.0. The van der Waals surface area contributed by atoms with Gasteiger partial charge in [-0.2, -0.15) is 5.10 Å². The zero-order valence-corrected chi connectivity index (χ0v) is 16.2. The number of carbonyl (C=O) groups excluding carboxylic acids is 2. The molecule has 0 aliphatic heterocycles. The molecule has 1 aromatic heterocycles. The minimum absolute atomic E-state index is 0.0377. The van der Waals surface area contributed by atoms with Crippen LogP contribution in [0.3, 0.4) is 0 Å². The largest absolute Gasteiger partial charge is 0.352 e. The fraction of sp³-hybridized carbons (Fsp3) is 0.200. The van der Waals surface area contributed by atoms with Crippen LogP contribution < -0.4 is 5.32 Å². The third-order valence-electron chi connectivity index (χ3n) is 4.14. The Labute approximate surface area is 165 Å². The maximum atomic E-state index is 12.2. The van der Waals surface area contributed by atoms with Crippen LogP contribution in [-0.4, -0.2) is 26.5 Å². The van der Waals surface area contributed by atoms with Gasteiger partial charge in [-0.15, -0.1) is 0 Å². The van der Waals surface area contributed by atoms with Crippen LogP contribution in [0.1, 0.15) is 34.3 Å². The molecule has 2 aromatic carbocycles. The SMILES string of the molecule is O=C(CCC(=O)c1ccc(Br)cc1)NCc1ccccc1Cn1cncn1. The average Bonchev–Trinajstić information content (AvgIpc) is 3.19. The predicted molar refractivity (Wildman–Crippen MR) is 105 cm³/mol. The van der Waals surface area contributed by atoms with Crippen LogP contribution in [0.4, 0.5) is 0 Å². The summed E-state index contributed by atoms with van der Waals surface area (Å²) in [5.74, 6) is -0.180. The smallest absolute Gasteiger partial charge is 0.220 e. The van der Waals surface area contributed by atoms with Crippen LogP contribution in [-0.2, 0) is 17.9 Å². The lowest BCUT2D eigenvalue weighted by Gasteiger charge is -2.11. The second-order valence-electron chi connectivity index (χ2n) is 6.07. The number of halogens is 1. The van der Waals surface area contributed by atoms with E-state index in [2.05, 4.69) is 31.3 Å². The zero-order chi connectivity index (χ0) is 19.1. The molecular formula is C20H19BrN4O2. The highest BCUT2D eigenvalue weighted by Crippen LogP contribution is 2.13. The van der Waals surface area contributed by atoms with Gasteiger partial charge in [0.25, 0.3) is 0 Å². The Morgan fingerprint density at radius 3 is 2.44 bits per heavy atom. The number of carbonyl (C=O) groups is 2. The van der Waals surface area contributed by atoms with Crippen LogP contribution in [0.2, 0.25) is 0 Å². The van der Waals surface area contributed by atoms with Crippen molar-refractivity contribution < 1.29 is 9.59 Å². The maximum absolute atomic E-state index is 12.2. The first-order chi connectivity index (χ1) is 13.1. The van der Waals surface area contributed by atoms with E-state index in [-0.39, 0.29) is 24.5 Å². The first kappa shape index (κ1) is 19.0. The summed E-state index contributed by atoms with van der Waals surface area (Å²) in [5.41, 5.74) is 2.69. The van der Waals surface area contributed by atoms with E-state index >= 15 is 0 Å². The zero-order valence-electron chi connectivity index (χ0n) is 14.6. The molecule has 0 fully saturated rings. The van der Waals surface area contributed by atoms with Crippen LogP contribution in [0, 0.1) is 0 Å². The van der Waals surface area contributed by atoms with E-state index in [9.17, 15) is 9.59 Å². The van der Waals surface area contributed by atoms with Gasteiger partial charge in [0.15, 0.2) is 5.78 Å². The first-order valence-corrected chi connectivity index (χ1v) is 9.36. The Bertz CT molecular complexity index is 908. The van der Waals surface area contributed by atoms with Crippen molar-refractivity contribution in [2.75, 3.05) is 0 Å². The fourth-order valence-electron chi connectivity index (χ4n) is 2.66. The number of hydrogen-bond donors (Lipinski definition) is 1. The molecule has 3 aromatic rings. The Hall–Kier alpha value is -2.80. The van der Waals surface area contributed by atoms with Gasteiger partial charge in [0.2, 0.25) is 5.91 Å². The molecule has 3 rings (SSSR count). The number of nitrogens with zero attached hydrogens (tertiary/aromatic N) is 3. The lowest BCUT2D eigenvalue weighted by atomic mass is 10.1. The van der Waals surface area contributed by atoms with E-state index in [1.807, 2.05) is 36.4 Å². The monoisotopic (exact) mass is 426 g/mol. The summed E-state index contributed by atoms with van der Waals surface area (Å²) >= 11 is 3.34. The van der Waals surface area contributed by atoms with Crippen molar-refractivity contribution in [1.82, 2.24) is 20.1 Å². The fourth-order valence-corrected chi connectivity index (χ4v) is 2.93. The molecule has 1 amide bonds. The van der Waals surface area contributed by atoms with E-state index < -0.39 is 0 Å². The molecule has 0 saturated carbocycles. The lowest BCUT2D eigenvalue weighted by molar-refractivity contribution is -0.121. The van der Waals surface area contributed by atoms with E-state index in [1.54, 1.807) is 23.1 Å². The predicted octanol–water partition coefficient (Wildman–Crippen LogP) is 3.37. The van der Waals surface area contributed by atoms with Crippen molar-refractivity contribution in [3.05, 3.63) is 82.3 Å². The molecule has 7 heteroatoms. The van der Waals surface area contributed by atoms with Crippen molar-refractivity contribution in [2.45, 2.75) is 25.9 Å². The van der Waals surface area contributed by atoms with E-state index in [1.165, 1.54) is 6.33 Å². The topological polar surface area (TPSA) is 76.9 Å². The Morgan fingerprint density at radius 2 is 1.74 bits per heavy atom. The molecule has 6 nitrogen and oxygen atoms in total. The minimum atomic E-state index is -0.143.